The zero-order valence-electron chi connectivity index (χ0n) is 4.51. The molecule has 0 aliphatic carbocycles. The van der Waals surface area contributed by atoms with Crippen molar-refractivity contribution in [1.29, 1.82) is 5.53 Å². The number of nitrogens with one attached hydrogen (secondary N) is 1. The molecule has 10 heavy (non-hydrogen) atoms. The van der Waals surface area contributed by atoms with Crippen LogP contribution in [0.5, 0.6) is 0 Å². The highest BCUT2D eigenvalue weighted by atomic mass is 32.2. The van der Waals surface area contributed by atoms with Gasteiger partial charge in [-0.2, -0.15) is 18.3 Å². The predicted molar refractivity (Wildman–Crippen MR) is 25.0 cm³/mol. The molecule has 0 aliphatic rings. The van der Waals surface area contributed by atoms with E-state index in [9.17, 15) is 21.6 Å². The van der Waals surface area contributed by atoms with E-state index in [1.54, 1.807) is 0 Å². The van der Waals surface area contributed by atoms with Gasteiger partial charge in [-0.15, -0.1) is 0 Å². The first-order chi connectivity index (χ1) is 4.31. The predicted octanol–water partition coefficient (Wildman–Crippen LogP) is 0.909. The second-order valence-electron chi connectivity index (χ2n) is 1.35. The molecule has 0 bridgehead atoms. The summed E-state index contributed by atoms with van der Waals surface area (Å²) in [5.41, 5.74) is 0.590. The SMILES string of the molecule is N=NCS(=O)(=O)C(F)(F)F. The van der Waals surface area contributed by atoms with Crippen LogP contribution in [0.4, 0.5) is 13.2 Å². The van der Waals surface area contributed by atoms with Crippen LogP contribution in [0.15, 0.2) is 5.11 Å². The minimum Gasteiger partial charge on any atom is -0.218 e. The van der Waals surface area contributed by atoms with E-state index in [1.165, 1.54) is 0 Å². The molecule has 0 aromatic rings. The number of rotatable bonds is 2. The number of sulfone groups is 1. The van der Waals surface area contributed by atoms with Gasteiger partial charge in [0, 0.05) is 0 Å². The molecule has 4 nitrogen and oxygen atoms in total. The van der Waals surface area contributed by atoms with Crippen molar-refractivity contribution in [2.45, 2.75) is 5.51 Å². The fourth-order valence-electron chi connectivity index (χ4n) is 0.158. The van der Waals surface area contributed by atoms with Gasteiger partial charge in [0.2, 0.25) is 0 Å². The van der Waals surface area contributed by atoms with Crippen LogP contribution in [0.3, 0.4) is 0 Å². The van der Waals surface area contributed by atoms with Crippen LogP contribution in [0.1, 0.15) is 0 Å². The van der Waals surface area contributed by atoms with E-state index in [1.807, 2.05) is 0 Å². The van der Waals surface area contributed by atoms with Gasteiger partial charge in [-0.05, 0) is 0 Å². The van der Waals surface area contributed by atoms with Crippen molar-refractivity contribution in [2.75, 3.05) is 5.88 Å². The highest BCUT2D eigenvalue weighted by molar-refractivity contribution is 7.92. The quantitative estimate of drug-likeness (QED) is 0.635. The number of halogens is 3. The van der Waals surface area contributed by atoms with Crippen molar-refractivity contribution >= 4 is 9.84 Å². The van der Waals surface area contributed by atoms with Gasteiger partial charge in [-0.1, -0.05) is 0 Å². The first kappa shape index (κ1) is 9.34. The van der Waals surface area contributed by atoms with E-state index in [-0.39, 0.29) is 0 Å². The largest absolute Gasteiger partial charge is 0.499 e. The number of alkyl halides is 3. The van der Waals surface area contributed by atoms with Crippen LogP contribution < -0.4 is 0 Å². The van der Waals surface area contributed by atoms with Gasteiger partial charge < -0.3 is 0 Å². The summed E-state index contributed by atoms with van der Waals surface area (Å²) in [4.78, 5) is 0. The Labute approximate surface area is 54.5 Å². The van der Waals surface area contributed by atoms with Gasteiger partial charge in [0.15, 0.2) is 5.88 Å². The monoisotopic (exact) mass is 176 g/mol. The highest BCUT2D eigenvalue weighted by Gasteiger charge is 2.45. The molecule has 0 amide bonds. The van der Waals surface area contributed by atoms with Crippen LogP contribution in [0, 0.1) is 5.53 Å². The Morgan fingerprint density at radius 1 is 1.40 bits per heavy atom. The van der Waals surface area contributed by atoms with E-state index < -0.39 is 21.2 Å². The van der Waals surface area contributed by atoms with Crippen molar-refractivity contribution in [1.82, 2.24) is 0 Å². The van der Waals surface area contributed by atoms with E-state index in [0.29, 0.717) is 0 Å². The standard InChI is InChI=1S/C2H3F3N2O2S/c3-2(4,5)10(8,9)1-7-6/h6H,1H2. The third-order valence-electron chi connectivity index (χ3n) is 0.587. The molecule has 0 rings (SSSR count). The maximum absolute atomic E-state index is 11.3. The lowest BCUT2D eigenvalue weighted by atomic mass is 11.5. The molecule has 1 N–H and O–H groups in total. The molecule has 0 atom stereocenters. The van der Waals surface area contributed by atoms with Crippen LogP contribution in [0.25, 0.3) is 0 Å². The average Bonchev–Trinajstić information content (AvgIpc) is 1.61. The summed E-state index contributed by atoms with van der Waals surface area (Å²) in [5.74, 6) is -1.53. The first-order valence-electron chi connectivity index (χ1n) is 1.93. The minimum atomic E-state index is -5.29. The fraction of sp³-hybridized carbons (Fsp3) is 1.00. The number of nitrogens with zero attached hydrogens (tertiary/aromatic N) is 1. The molecular weight excluding hydrogens is 173 g/mol. The number of hydrogen-bond donors (Lipinski definition) is 1. The second-order valence-corrected chi connectivity index (χ2v) is 3.30. The Morgan fingerprint density at radius 3 is 1.90 bits per heavy atom. The zero-order valence-corrected chi connectivity index (χ0v) is 5.33. The molecule has 0 heterocycles. The van der Waals surface area contributed by atoms with Crippen LogP contribution >= 0.6 is 0 Å². The summed E-state index contributed by atoms with van der Waals surface area (Å²) < 4.78 is 53.7. The van der Waals surface area contributed by atoms with Gasteiger partial charge in [-0.25, -0.2) is 13.9 Å². The van der Waals surface area contributed by atoms with E-state index in [4.69, 9.17) is 5.53 Å². The smallest absolute Gasteiger partial charge is 0.218 e. The molecule has 0 saturated carbocycles. The Bertz CT molecular complexity index is 217. The molecule has 0 unspecified atom stereocenters. The number of hydrogen-bond acceptors (Lipinski definition) is 4. The summed E-state index contributed by atoms with van der Waals surface area (Å²) in [6.07, 6.45) is 0. The molecule has 0 radical (unpaired) electrons. The van der Waals surface area contributed by atoms with Crippen molar-refractivity contribution in [3.8, 4) is 0 Å². The molecule has 8 heteroatoms. The summed E-state index contributed by atoms with van der Waals surface area (Å²) in [6, 6.07) is 0. The minimum absolute atomic E-state index is 1.53. The Hall–Kier alpha value is -0.660. The molecule has 0 fully saturated rings. The van der Waals surface area contributed by atoms with Gasteiger partial charge in [0.1, 0.15) is 0 Å². The molecular formula is C2H3F3N2O2S. The average molecular weight is 176 g/mol. The molecule has 60 valence electrons. The van der Waals surface area contributed by atoms with Gasteiger partial charge >= 0.3 is 5.51 Å². The molecule has 0 spiro atoms. The van der Waals surface area contributed by atoms with Crippen LogP contribution in [-0.2, 0) is 9.84 Å². The van der Waals surface area contributed by atoms with Crippen molar-refractivity contribution in [3.63, 3.8) is 0 Å². The summed E-state index contributed by atoms with van der Waals surface area (Å²) in [5, 5.41) is 2.12. The van der Waals surface area contributed by atoms with Crippen molar-refractivity contribution in [3.05, 3.63) is 0 Å². The first-order valence-corrected chi connectivity index (χ1v) is 3.59. The Kier molecular flexibility index (Phi) is 2.36. The van der Waals surface area contributed by atoms with Crippen molar-refractivity contribution < 1.29 is 21.6 Å². The molecule has 0 aromatic heterocycles. The maximum Gasteiger partial charge on any atom is 0.499 e. The highest BCUT2D eigenvalue weighted by Crippen LogP contribution is 2.23. The Morgan fingerprint density at radius 2 is 1.80 bits per heavy atom. The summed E-state index contributed by atoms with van der Waals surface area (Å²) in [6.45, 7) is 0. The van der Waals surface area contributed by atoms with E-state index in [2.05, 4.69) is 5.11 Å². The zero-order chi connectivity index (χ0) is 8.41. The third kappa shape index (κ3) is 1.94. The topological polar surface area (TPSA) is 70.3 Å². The normalized spacial score (nSPS) is 13.1. The lowest BCUT2D eigenvalue weighted by Gasteiger charge is -2.02. The van der Waals surface area contributed by atoms with E-state index in [0.717, 1.165) is 0 Å². The maximum atomic E-state index is 11.3. The van der Waals surface area contributed by atoms with Gasteiger partial charge in [-0.3, -0.25) is 0 Å². The third-order valence-corrected chi connectivity index (χ3v) is 1.76. The molecule has 0 aromatic carbocycles. The molecule has 0 saturated heterocycles. The van der Waals surface area contributed by atoms with E-state index >= 15 is 0 Å². The van der Waals surface area contributed by atoms with Gasteiger partial charge in [0.25, 0.3) is 9.84 Å². The van der Waals surface area contributed by atoms with Crippen molar-refractivity contribution in [2.24, 2.45) is 5.11 Å². The fourth-order valence-corrected chi connectivity index (χ4v) is 0.475. The lowest BCUT2D eigenvalue weighted by Crippen LogP contribution is -2.24. The molecule has 0 aliphatic heterocycles. The Balaban J connectivity index is 4.59. The van der Waals surface area contributed by atoms with Crippen LogP contribution in [-0.4, -0.2) is 19.8 Å². The summed E-state index contributed by atoms with van der Waals surface area (Å²) in [7, 11) is -5.20. The lowest BCUT2D eigenvalue weighted by molar-refractivity contribution is -0.0435. The van der Waals surface area contributed by atoms with Gasteiger partial charge in [0.05, 0.1) is 0 Å². The summed E-state index contributed by atoms with van der Waals surface area (Å²) >= 11 is 0. The van der Waals surface area contributed by atoms with Crippen LogP contribution in [0.2, 0.25) is 0 Å². The second kappa shape index (κ2) is 2.52.